The smallest absolute Gasteiger partial charge is 0.143 e. The Labute approximate surface area is 164 Å². The number of halogens is 2. The van der Waals surface area contributed by atoms with Crippen molar-refractivity contribution in [3.05, 3.63) is 63.7 Å². The second kappa shape index (κ2) is 10.1. The molecule has 146 valence electrons. The molecule has 0 unspecified atom stereocenters. The van der Waals surface area contributed by atoms with Crippen molar-refractivity contribution < 1.29 is 8.78 Å². The van der Waals surface area contributed by atoms with Gasteiger partial charge in [0.25, 0.3) is 0 Å². The number of nitriles is 2. The Morgan fingerprint density at radius 1 is 0.964 bits per heavy atom. The third kappa shape index (κ3) is 6.41. The van der Waals surface area contributed by atoms with Gasteiger partial charge in [-0.1, -0.05) is 25.5 Å². The lowest BCUT2D eigenvalue weighted by molar-refractivity contribution is 0.618. The van der Waals surface area contributed by atoms with E-state index in [1.807, 2.05) is 19.9 Å². The molecular weight excluding hydrogens is 358 g/mol. The van der Waals surface area contributed by atoms with E-state index in [1.54, 1.807) is 12.1 Å². The third-order valence-corrected chi connectivity index (χ3v) is 3.71. The van der Waals surface area contributed by atoms with E-state index in [2.05, 4.69) is 13.8 Å². The zero-order valence-corrected chi connectivity index (χ0v) is 16.5. The Morgan fingerprint density at radius 3 is 1.93 bits per heavy atom. The van der Waals surface area contributed by atoms with Crippen molar-refractivity contribution in [3.8, 4) is 12.1 Å². The van der Waals surface area contributed by atoms with Crippen molar-refractivity contribution in [2.75, 3.05) is 11.5 Å². The minimum atomic E-state index is -0.573. The minimum Gasteiger partial charge on any atom is -0.398 e. The molecule has 0 aliphatic heterocycles. The fourth-order valence-electron chi connectivity index (χ4n) is 2.46. The van der Waals surface area contributed by atoms with Gasteiger partial charge in [-0.25, -0.2) is 8.78 Å². The van der Waals surface area contributed by atoms with Gasteiger partial charge in [0.15, 0.2) is 0 Å². The zero-order chi connectivity index (χ0) is 21.4. The molecule has 0 aliphatic carbocycles. The average Bonchev–Trinajstić information content (AvgIpc) is 2.59. The summed E-state index contributed by atoms with van der Waals surface area (Å²) in [5.41, 5.74) is 14.7. The van der Waals surface area contributed by atoms with E-state index in [4.69, 9.17) is 22.0 Å². The summed E-state index contributed by atoms with van der Waals surface area (Å²) in [7, 11) is 0. The summed E-state index contributed by atoms with van der Waals surface area (Å²) in [6.45, 7) is 7.92. The molecule has 2 aromatic carbocycles. The molecule has 2 rings (SSSR count). The number of benzene rings is 2. The van der Waals surface area contributed by atoms with Gasteiger partial charge in [0, 0.05) is 11.4 Å². The highest BCUT2D eigenvalue weighted by atomic mass is 19.1. The predicted molar refractivity (Wildman–Crippen MR) is 109 cm³/mol. The number of hydrogen-bond acceptors (Lipinski definition) is 4. The van der Waals surface area contributed by atoms with E-state index >= 15 is 0 Å². The van der Waals surface area contributed by atoms with Gasteiger partial charge in [-0.3, -0.25) is 0 Å². The molecule has 4 nitrogen and oxygen atoms in total. The first-order valence-electron chi connectivity index (χ1n) is 8.71. The largest absolute Gasteiger partial charge is 0.398 e. The van der Waals surface area contributed by atoms with Crippen LogP contribution in [0.4, 0.5) is 20.2 Å². The Bertz CT molecular complexity index is 960. The third-order valence-electron chi connectivity index (χ3n) is 3.71. The predicted octanol–water partition coefficient (Wildman–Crippen LogP) is 5.18. The van der Waals surface area contributed by atoms with Crippen molar-refractivity contribution >= 4 is 17.5 Å². The number of rotatable bonds is 3. The SMILES string of the molecule is CC(C)=Cc1cc(C#N)c(F)cc1N.CC(C)Cc1cc(C#N)c(F)cc1N. The molecule has 2 aromatic rings. The zero-order valence-electron chi connectivity index (χ0n) is 16.5. The lowest BCUT2D eigenvalue weighted by Gasteiger charge is -2.08. The first-order chi connectivity index (χ1) is 13.1. The summed E-state index contributed by atoms with van der Waals surface area (Å²) < 4.78 is 26.1. The maximum absolute atomic E-state index is 13.1. The molecule has 0 saturated heterocycles. The van der Waals surface area contributed by atoms with Crippen LogP contribution >= 0.6 is 0 Å². The number of nitrogen functional groups attached to an aromatic ring is 2. The van der Waals surface area contributed by atoms with Crippen LogP contribution < -0.4 is 11.5 Å². The molecule has 0 aliphatic rings. The standard InChI is InChI=1S/C11H13FN2.C11H11FN2/c2*1-7(2)3-8-4-9(6-13)10(12)5-11(8)14/h4-5,7H,3,14H2,1-2H3;3-5H,14H2,1-2H3. The fourth-order valence-corrected chi connectivity index (χ4v) is 2.46. The highest BCUT2D eigenvalue weighted by Gasteiger charge is 2.08. The monoisotopic (exact) mass is 382 g/mol. The van der Waals surface area contributed by atoms with Crippen molar-refractivity contribution in [1.82, 2.24) is 0 Å². The van der Waals surface area contributed by atoms with Crippen molar-refractivity contribution in [2.45, 2.75) is 34.1 Å². The number of anilines is 2. The van der Waals surface area contributed by atoms with Gasteiger partial charge in [-0.05, 0) is 61.6 Å². The van der Waals surface area contributed by atoms with E-state index < -0.39 is 11.6 Å². The molecule has 0 saturated carbocycles. The van der Waals surface area contributed by atoms with Gasteiger partial charge in [-0.15, -0.1) is 0 Å². The fraction of sp³-hybridized carbons (Fsp3) is 0.273. The first-order valence-corrected chi connectivity index (χ1v) is 8.71. The van der Waals surface area contributed by atoms with Gasteiger partial charge in [0.2, 0.25) is 0 Å². The van der Waals surface area contributed by atoms with Crippen LogP contribution in [0.25, 0.3) is 6.08 Å². The maximum Gasteiger partial charge on any atom is 0.143 e. The second-order valence-corrected chi connectivity index (χ2v) is 7.04. The Morgan fingerprint density at radius 2 is 1.46 bits per heavy atom. The quantitative estimate of drug-likeness (QED) is 0.714. The van der Waals surface area contributed by atoms with E-state index in [1.165, 1.54) is 24.3 Å². The Kier molecular flexibility index (Phi) is 8.16. The number of nitrogens with two attached hydrogens (primary N) is 2. The topological polar surface area (TPSA) is 99.6 Å². The maximum atomic E-state index is 13.1. The highest BCUT2D eigenvalue weighted by molar-refractivity contribution is 5.67. The van der Waals surface area contributed by atoms with E-state index in [-0.39, 0.29) is 11.1 Å². The Balaban J connectivity index is 0.000000280. The summed E-state index contributed by atoms with van der Waals surface area (Å²) in [5.74, 6) is -0.678. The molecule has 6 heteroatoms. The summed E-state index contributed by atoms with van der Waals surface area (Å²) >= 11 is 0. The summed E-state index contributed by atoms with van der Waals surface area (Å²) in [4.78, 5) is 0. The molecule has 0 bridgehead atoms. The number of hydrogen-bond donors (Lipinski definition) is 2. The summed E-state index contributed by atoms with van der Waals surface area (Å²) in [5, 5.41) is 17.3. The molecule has 0 spiro atoms. The number of allylic oxidation sites excluding steroid dienone is 1. The molecular formula is C22H24F2N4. The molecule has 0 aromatic heterocycles. The van der Waals surface area contributed by atoms with Crippen LogP contribution in [0.5, 0.6) is 0 Å². The molecule has 0 amide bonds. The summed E-state index contributed by atoms with van der Waals surface area (Å²) in [6.07, 6.45) is 2.58. The molecule has 4 N–H and O–H groups in total. The molecule has 0 heterocycles. The Hall–Kier alpha value is -3.38. The van der Waals surface area contributed by atoms with Gasteiger partial charge in [0.05, 0.1) is 11.1 Å². The minimum absolute atomic E-state index is 0.0201. The van der Waals surface area contributed by atoms with Crippen LogP contribution in [0, 0.1) is 40.2 Å². The van der Waals surface area contributed by atoms with Crippen LogP contribution in [0.15, 0.2) is 29.8 Å². The van der Waals surface area contributed by atoms with Gasteiger partial charge in [0.1, 0.15) is 23.8 Å². The first kappa shape index (κ1) is 22.7. The van der Waals surface area contributed by atoms with Crippen LogP contribution in [0.2, 0.25) is 0 Å². The lowest BCUT2D eigenvalue weighted by Crippen LogP contribution is -2.01. The van der Waals surface area contributed by atoms with E-state index in [9.17, 15) is 8.78 Å². The van der Waals surface area contributed by atoms with Crippen molar-refractivity contribution in [2.24, 2.45) is 5.92 Å². The molecule has 0 atom stereocenters. The molecule has 0 radical (unpaired) electrons. The highest BCUT2D eigenvalue weighted by Crippen LogP contribution is 2.21. The van der Waals surface area contributed by atoms with Gasteiger partial charge >= 0.3 is 0 Å². The number of nitrogens with zero attached hydrogens (tertiary/aromatic N) is 2. The average molecular weight is 382 g/mol. The van der Waals surface area contributed by atoms with Crippen LogP contribution in [-0.2, 0) is 6.42 Å². The van der Waals surface area contributed by atoms with Crippen molar-refractivity contribution in [3.63, 3.8) is 0 Å². The lowest BCUT2D eigenvalue weighted by atomic mass is 9.99. The van der Waals surface area contributed by atoms with Gasteiger partial charge in [-0.2, -0.15) is 10.5 Å². The van der Waals surface area contributed by atoms with Crippen molar-refractivity contribution in [1.29, 1.82) is 10.5 Å². The second-order valence-electron chi connectivity index (χ2n) is 7.04. The van der Waals surface area contributed by atoms with E-state index in [0.29, 0.717) is 22.9 Å². The molecule has 0 fully saturated rings. The normalized spacial score (nSPS) is 9.75. The van der Waals surface area contributed by atoms with E-state index in [0.717, 1.165) is 17.6 Å². The molecule has 28 heavy (non-hydrogen) atoms. The van der Waals surface area contributed by atoms with Crippen LogP contribution in [-0.4, -0.2) is 0 Å². The van der Waals surface area contributed by atoms with Gasteiger partial charge < -0.3 is 11.5 Å². The van der Waals surface area contributed by atoms with Crippen LogP contribution in [0.3, 0.4) is 0 Å². The summed E-state index contributed by atoms with van der Waals surface area (Å²) in [6, 6.07) is 8.96. The van der Waals surface area contributed by atoms with Crippen LogP contribution in [0.1, 0.15) is 49.9 Å².